The predicted octanol–water partition coefficient (Wildman–Crippen LogP) is 2.80. The van der Waals surface area contributed by atoms with Crippen LogP contribution in [0.1, 0.15) is 25.8 Å². The summed E-state index contributed by atoms with van der Waals surface area (Å²) in [4.78, 5) is 12.4. The monoisotopic (exact) mass is 463 g/mol. The second-order valence-electron chi connectivity index (χ2n) is 6.72. The maximum atomic E-state index is 12.4. The van der Waals surface area contributed by atoms with Crippen molar-refractivity contribution in [3.8, 4) is 17.2 Å². The number of amides is 1. The van der Waals surface area contributed by atoms with E-state index >= 15 is 0 Å². The Kier molecular flexibility index (Phi) is 9.33. The first-order chi connectivity index (χ1) is 15.3. The minimum atomic E-state index is -3.74. The molecule has 0 unspecified atom stereocenters. The van der Waals surface area contributed by atoms with Crippen LogP contribution in [0.25, 0.3) is 0 Å². The Balaban J connectivity index is 2.11. The van der Waals surface area contributed by atoms with Crippen LogP contribution in [-0.2, 0) is 14.8 Å². The molecule has 0 heterocycles. The number of nitrogens with one attached hydrogen (secondary N) is 1. The molecule has 1 N–H and O–H groups in total. The lowest BCUT2D eigenvalue weighted by Gasteiger charge is -2.23. The number of methoxy groups -OCH3 is 1. The molecule has 2 rings (SSSR count). The molecule has 0 aromatic heterocycles. The molecule has 174 valence electrons. The first-order valence-corrected chi connectivity index (χ1v) is 12.0. The summed E-state index contributed by atoms with van der Waals surface area (Å²) in [5, 5.41) is 3.93. The maximum absolute atomic E-state index is 12.4. The third kappa shape index (κ3) is 7.16. The van der Waals surface area contributed by atoms with E-state index in [1.54, 1.807) is 42.5 Å². The van der Waals surface area contributed by atoms with E-state index < -0.39 is 22.5 Å². The summed E-state index contributed by atoms with van der Waals surface area (Å²) in [6.07, 6.45) is 3.34. The Bertz CT molecular complexity index is 1040. The molecular weight excluding hydrogens is 434 g/mol. The van der Waals surface area contributed by atoms with Crippen molar-refractivity contribution in [2.45, 2.75) is 20.3 Å². The van der Waals surface area contributed by atoms with Crippen LogP contribution < -0.4 is 23.9 Å². The first-order valence-electron chi connectivity index (χ1n) is 10.1. The SMILES string of the molecule is CCCOc1ccc(/C=N\NC(=O)CN(c2ccccc2OC)S(C)(=O)=O)cc1OCC. The molecule has 2 aromatic rings. The lowest BCUT2D eigenvalue weighted by molar-refractivity contribution is -0.119. The first kappa shape index (κ1) is 25.0. The van der Waals surface area contributed by atoms with E-state index in [9.17, 15) is 13.2 Å². The zero-order valence-corrected chi connectivity index (χ0v) is 19.5. The molecule has 10 heteroatoms. The van der Waals surface area contributed by atoms with Crippen molar-refractivity contribution in [3.63, 3.8) is 0 Å². The van der Waals surface area contributed by atoms with Gasteiger partial charge in [0.15, 0.2) is 11.5 Å². The Hall–Kier alpha value is -3.27. The van der Waals surface area contributed by atoms with Crippen LogP contribution in [0.3, 0.4) is 0 Å². The third-order valence-corrected chi connectivity index (χ3v) is 5.30. The number of hydrogen-bond acceptors (Lipinski definition) is 7. The standard InChI is InChI=1S/C22H29N3O6S/c1-5-13-31-20-12-11-17(14-21(20)30-6-2)15-23-24-22(26)16-25(32(4,27)28)18-9-7-8-10-19(18)29-3/h7-12,14-15H,5-6,13,16H2,1-4H3,(H,24,26)/b23-15-. The lowest BCUT2D eigenvalue weighted by Crippen LogP contribution is -2.39. The van der Waals surface area contributed by atoms with Crippen LogP contribution in [0.15, 0.2) is 47.6 Å². The van der Waals surface area contributed by atoms with Gasteiger partial charge in [0.25, 0.3) is 5.91 Å². The fourth-order valence-corrected chi connectivity index (χ4v) is 3.63. The number of benzene rings is 2. The Morgan fingerprint density at radius 3 is 2.50 bits per heavy atom. The molecule has 0 radical (unpaired) electrons. The third-order valence-electron chi connectivity index (χ3n) is 4.17. The van der Waals surface area contributed by atoms with Crippen molar-refractivity contribution >= 4 is 27.8 Å². The minimum Gasteiger partial charge on any atom is -0.495 e. The number of hydrogen-bond donors (Lipinski definition) is 1. The molecule has 0 spiro atoms. The van der Waals surface area contributed by atoms with Gasteiger partial charge in [0, 0.05) is 0 Å². The molecule has 0 fully saturated rings. The van der Waals surface area contributed by atoms with Gasteiger partial charge in [-0.2, -0.15) is 5.10 Å². The number of carbonyl (C=O) groups excluding carboxylic acids is 1. The van der Waals surface area contributed by atoms with Gasteiger partial charge >= 0.3 is 0 Å². The predicted molar refractivity (Wildman–Crippen MR) is 124 cm³/mol. The van der Waals surface area contributed by atoms with E-state index in [0.29, 0.717) is 36.0 Å². The van der Waals surface area contributed by atoms with Crippen LogP contribution in [0.4, 0.5) is 5.69 Å². The summed E-state index contributed by atoms with van der Waals surface area (Å²) in [5.74, 6) is 0.944. The van der Waals surface area contributed by atoms with Crippen LogP contribution in [-0.4, -0.2) is 53.7 Å². The quantitative estimate of drug-likeness (QED) is 0.383. The van der Waals surface area contributed by atoms with Crippen LogP contribution in [0.2, 0.25) is 0 Å². The molecular formula is C22H29N3O6S. The van der Waals surface area contributed by atoms with Gasteiger partial charge in [0.2, 0.25) is 10.0 Å². The number of anilines is 1. The zero-order valence-electron chi connectivity index (χ0n) is 18.7. The highest BCUT2D eigenvalue weighted by molar-refractivity contribution is 7.92. The molecule has 9 nitrogen and oxygen atoms in total. The van der Waals surface area contributed by atoms with E-state index in [4.69, 9.17) is 14.2 Å². The Morgan fingerprint density at radius 1 is 1.09 bits per heavy atom. The van der Waals surface area contributed by atoms with E-state index in [-0.39, 0.29) is 5.69 Å². The van der Waals surface area contributed by atoms with Gasteiger partial charge in [-0.25, -0.2) is 13.8 Å². The van der Waals surface area contributed by atoms with Crippen LogP contribution in [0, 0.1) is 0 Å². The number of ether oxygens (including phenoxy) is 3. The van der Waals surface area contributed by atoms with Gasteiger partial charge < -0.3 is 14.2 Å². The van der Waals surface area contributed by atoms with Gasteiger partial charge in [-0.1, -0.05) is 19.1 Å². The highest BCUT2D eigenvalue weighted by atomic mass is 32.2. The topological polar surface area (TPSA) is 107 Å². The molecule has 32 heavy (non-hydrogen) atoms. The summed E-state index contributed by atoms with van der Waals surface area (Å²) in [7, 11) is -2.31. The Labute approximate surface area is 189 Å². The van der Waals surface area contributed by atoms with Gasteiger partial charge in [-0.3, -0.25) is 9.10 Å². The van der Waals surface area contributed by atoms with Gasteiger partial charge in [-0.15, -0.1) is 0 Å². The maximum Gasteiger partial charge on any atom is 0.260 e. The number of rotatable bonds is 12. The molecule has 0 atom stereocenters. The highest BCUT2D eigenvalue weighted by Gasteiger charge is 2.23. The van der Waals surface area contributed by atoms with Gasteiger partial charge in [0.1, 0.15) is 12.3 Å². The van der Waals surface area contributed by atoms with Crippen LogP contribution in [0.5, 0.6) is 17.2 Å². The lowest BCUT2D eigenvalue weighted by atomic mass is 10.2. The summed E-state index contributed by atoms with van der Waals surface area (Å²) in [6.45, 7) is 4.49. The smallest absolute Gasteiger partial charge is 0.260 e. The summed E-state index contributed by atoms with van der Waals surface area (Å²) < 4.78 is 42.0. The summed E-state index contributed by atoms with van der Waals surface area (Å²) in [6, 6.07) is 11.9. The van der Waals surface area contributed by atoms with E-state index in [1.165, 1.54) is 13.3 Å². The molecule has 1 amide bonds. The van der Waals surface area contributed by atoms with E-state index in [1.807, 2.05) is 13.8 Å². The molecule has 0 bridgehead atoms. The normalized spacial score (nSPS) is 11.2. The van der Waals surface area contributed by atoms with Crippen molar-refractivity contribution in [3.05, 3.63) is 48.0 Å². The molecule has 0 aliphatic heterocycles. The number of sulfonamides is 1. The van der Waals surface area contributed by atoms with Crippen LogP contribution >= 0.6 is 0 Å². The molecule has 0 aliphatic rings. The van der Waals surface area contributed by atoms with E-state index in [2.05, 4.69) is 10.5 Å². The van der Waals surface area contributed by atoms with Crippen molar-refractivity contribution in [1.82, 2.24) is 5.43 Å². The van der Waals surface area contributed by atoms with Crippen molar-refractivity contribution < 1.29 is 27.4 Å². The highest BCUT2D eigenvalue weighted by Crippen LogP contribution is 2.29. The molecule has 0 saturated carbocycles. The minimum absolute atomic E-state index is 0.264. The van der Waals surface area contributed by atoms with Crippen molar-refractivity contribution in [2.24, 2.45) is 5.10 Å². The summed E-state index contributed by atoms with van der Waals surface area (Å²) in [5.41, 5.74) is 3.30. The van der Waals surface area contributed by atoms with Crippen molar-refractivity contribution in [1.29, 1.82) is 0 Å². The average molecular weight is 464 g/mol. The molecule has 0 aliphatic carbocycles. The second-order valence-corrected chi connectivity index (χ2v) is 8.63. The fraction of sp³-hybridized carbons (Fsp3) is 0.364. The van der Waals surface area contributed by atoms with Gasteiger partial charge in [0.05, 0.1) is 38.5 Å². The number of para-hydroxylation sites is 2. The summed E-state index contributed by atoms with van der Waals surface area (Å²) >= 11 is 0. The zero-order chi connectivity index (χ0) is 23.6. The fourth-order valence-electron chi connectivity index (χ4n) is 2.77. The number of nitrogens with zero attached hydrogens (tertiary/aromatic N) is 2. The largest absolute Gasteiger partial charge is 0.495 e. The van der Waals surface area contributed by atoms with E-state index in [0.717, 1.165) is 17.0 Å². The van der Waals surface area contributed by atoms with Gasteiger partial charge in [-0.05, 0) is 49.2 Å². The van der Waals surface area contributed by atoms with Crippen molar-refractivity contribution in [2.75, 3.05) is 37.4 Å². The Morgan fingerprint density at radius 2 is 1.84 bits per heavy atom. The molecule has 2 aromatic carbocycles. The number of carbonyl (C=O) groups is 1. The molecule has 0 saturated heterocycles. The average Bonchev–Trinajstić information content (AvgIpc) is 2.76. The second kappa shape index (κ2) is 11.9. The number of hydrazone groups is 1.